The average molecular weight is 194 g/mol. The third-order valence-corrected chi connectivity index (χ3v) is 2.42. The fourth-order valence-electron chi connectivity index (χ4n) is 1.61. The second kappa shape index (κ2) is 6.44. The number of carbonyl (C=O) groups is 1. The van der Waals surface area contributed by atoms with Crippen molar-refractivity contribution in [2.75, 3.05) is 26.2 Å². The van der Waals surface area contributed by atoms with E-state index < -0.39 is 0 Å². The van der Waals surface area contributed by atoms with Gasteiger partial charge in [0, 0.05) is 39.0 Å². The van der Waals surface area contributed by atoms with E-state index in [4.69, 9.17) is 6.42 Å². The Bertz CT molecular complexity index is 214. The summed E-state index contributed by atoms with van der Waals surface area (Å²) in [6.45, 7) is 3.45. The molecule has 0 radical (unpaired) electrons. The lowest BCUT2D eigenvalue weighted by molar-refractivity contribution is -0.130. The lowest BCUT2D eigenvalue weighted by atomic mass is 10.3. The Hall–Kier alpha value is -1.01. The average Bonchev–Trinajstić information content (AvgIpc) is 2.70. The van der Waals surface area contributed by atoms with Crippen LogP contribution in [0.1, 0.15) is 25.7 Å². The topological polar surface area (TPSA) is 32.3 Å². The summed E-state index contributed by atoms with van der Waals surface area (Å²) in [4.78, 5) is 13.5. The number of hydrogen-bond donors (Lipinski definition) is 1. The van der Waals surface area contributed by atoms with Gasteiger partial charge in [0.15, 0.2) is 0 Å². The summed E-state index contributed by atoms with van der Waals surface area (Å²) in [6.07, 6.45) is 8.77. The van der Waals surface area contributed by atoms with Crippen LogP contribution in [-0.4, -0.2) is 37.0 Å². The lowest BCUT2D eigenvalue weighted by Gasteiger charge is -2.14. The molecule has 0 bridgehead atoms. The summed E-state index contributed by atoms with van der Waals surface area (Å²) in [7, 11) is 0. The van der Waals surface area contributed by atoms with Gasteiger partial charge in [-0.2, -0.15) is 0 Å². The van der Waals surface area contributed by atoms with E-state index in [0.29, 0.717) is 6.42 Å². The van der Waals surface area contributed by atoms with Crippen LogP contribution in [0.2, 0.25) is 0 Å². The number of nitrogens with one attached hydrogen (secondary N) is 1. The van der Waals surface area contributed by atoms with Crippen molar-refractivity contribution in [3.63, 3.8) is 0 Å². The zero-order valence-electron chi connectivity index (χ0n) is 8.59. The Morgan fingerprint density at radius 1 is 1.36 bits per heavy atom. The van der Waals surface area contributed by atoms with Gasteiger partial charge >= 0.3 is 0 Å². The zero-order valence-corrected chi connectivity index (χ0v) is 8.59. The molecule has 1 heterocycles. The molecule has 14 heavy (non-hydrogen) atoms. The summed E-state index contributed by atoms with van der Waals surface area (Å²) in [5.41, 5.74) is 0. The molecular weight excluding hydrogens is 176 g/mol. The van der Waals surface area contributed by atoms with Gasteiger partial charge in [-0.15, -0.1) is 12.3 Å². The Morgan fingerprint density at radius 3 is 2.71 bits per heavy atom. The van der Waals surface area contributed by atoms with Gasteiger partial charge in [-0.3, -0.25) is 4.79 Å². The summed E-state index contributed by atoms with van der Waals surface area (Å²) in [5.74, 6) is 2.83. The van der Waals surface area contributed by atoms with Crippen LogP contribution in [0, 0.1) is 12.3 Å². The Labute approximate surface area is 85.9 Å². The largest absolute Gasteiger partial charge is 0.343 e. The number of nitrogens with zero attached hydrogens (tertiary/aromatic N) is 1. The molecule has 0 aromatic rings. The molecule has 0 spiro atoms. The van der Waals surface area contributed by atoms with E-state index in [1.165, 1.54) is 0 Å². The van der Waals surface area contributed by atoms with Crippen molar-refractivity contribution < 1.29 is 4.79 Å². The number of rotatable bonds is 5. The van der Waals surface area contributed by atoms with Crippen LogP contribution in [0.5, 0.6) is 0 Å². The molecule has 1 fully saturated rings. The number of amides is 1. The normalized spacial score (nSPS) is 15.5. The first-order valence-electron chi connectivity index (χ1n) is 5.26. The maximum Gasteiger partial charge on any atom is 0.223 e. The highest BCUT2D eigenvalue weighted by molar-refractivity contribution is 5.76. The molecular formula is C11H18N2O. The zero-order chi connectivity index (χ0) is 10.2. The fourth-order valence-corrected chi connectivity index (χ4v) is 1.61. The monoisotopic (exact) mass is 194 g/mol. The molecule has 78 valence electrons. The molecule has 1 N–H and O–H groups in total. The fraction of sp³-hybridized carbons (Fsp3) is 0.727. The molecule has 3 nitrogen and oxygen atoms in total. The van der Waals surface area contributed by atoms with E-state index in [1.54, 1.807) is 0 Å². The molecule has 0 aromatic carbocycles. The SMILES string of the molecule is C#CCCNCCC(=O)N1CCCC1. The smallest absolute Gasteiger partial charge is 0.223 e. The van der Waals surface area contributed by atoms with Gasteiger partial charge in [-0.25, -0.2) is 0 Å². The first-order valence-corrected chi connectivity index (χ1v) is 5.26. The van der Waals surface area contributed by atoms with E-state index in [0.717, 1.165) is 45.4 Å². The van der Waals surface area contributed by atoms with Gasteiger partial charge in [0.1, 0.15) is 0 Å². The van der Waals surface area contributed by atoms with E-state index in [9.17, 15) is 4.79 Å². The molecule has 0 saturated carbocycles. The van der Waals surface area contributed by atoms with Gasteiger partial charge in [-0.1, -0.05) is 0 Å². The molecule has 1 aliphatic rings. The van der Waals surface area contributed by atoms with Crippen molar-refractivity contribution in [1.29, 1.82) is 0 Å². The van der Waals surface area contributed by atoms with Crippen molar-refractivity contribution in [2.24, 2.45) is 0 Å². The molecule has 0 aromatic heterocycles. The van der Waals surface area contributed by atoms with Crippen molar-refractivity contribution in [1.82, 2.24) is 10.2 Å². The molecule has 1 amide bonds. The van der Waals surface area contributed by atoms with Crippen LogP contribution in [-0.2, 0) is 4.79 Å². The second-order valence-corrected chi connectivity index (χ2v) is 3.54. The van der Waals surface area contributed by atoms with Crippen molar-refractivity contribution in [3.05, 3.63) is 0 Å². The third kappa shape index (κ3) is 3.80. The second-order valence-electron chi connectivity index (χ2n) is 3.54. The van der Waals surface area contributed by atoms with Crippen LogP contribution in [0.3, 0.4) is 0 Å². The first kappa shape index (κ1) is 11.1. The predicted octanol–water partition coefficient (Wildman–Crippen LogP) is 0.612. The summed E-state index contributed by atoms with van der Waals surface area (Å²) in [6, 6.07) is 0. The minimum Gasteiger partial charge on any atom is -0.343 e. The standard InChI is InChI=1S/C11H18N2O/c1-2-3-7-12-8-6-11(14)13-9-4-5-10-13/h1,12H,3-10H2. The lowest BCUT2D eigenvalue weighted by Crippen LogP contribution is -2.30. The number of terminal acetylenes is 1. The molecule has 0 unspecified atom stereocenters. The quantitative estimate of drug-likeness (QED) is 0.514. The maximum absolute atomic E-state index is 11.5. The highest BCUT2D eigenvalue weighted by Crippen LogP contribution is 2.08. The molecule has 3 heteroatoms. The van der Waals surface area contributed by atoms with Crippen LogP contribution in [0.15, 0.2) is 0 Å². The van der Waals surface area contributed by atoms with Gasteiger partial charge in [0.2, 0.25) is 5.91 Å². The highest BCUT2D eigenvalue weighted by Gasteiger charge is 2.16. The van der Waals surface area contributed by atoms with Gasteiger partial charge in [0.05, 0.1) is 0 Å². The van der Waals surface area contributed by atoms with Crippen LogP contribution < -0.4 is 5.32 Å². The van der Waals surface area contributed by atoms with Gasteiger partial charge in [0.25, 0.3) is 0 Å². The van der Waals surface area contributed by atoms with Crippen molar-refractivity contribution in [2.45, 2.75) is 25.7 Å². The van der Waals surface area contributed by atoms with E-state index in [-0.39, 0.29) is 5.91 Å². The number of carbonyl (C=O) groups excluding carboxylic acids is 1. The third-order valence-electron chi connectivity index (χ3n) is 2.42. The van der Waals surface area contributed by atoms with Gasteiger partial charge in [-0.05, 0) is 12.8 Å². The molecule has 1 aliphatic heterocycles. The van der Waals surface area contributed by atoms with Crippen LogP contribution in [0.4, 0.5) is 0 Å². The van der Waals surface area contributed by atoms with E-state index in [2.05, 4.69) is 11.2 Å². The summed E-state index contributed by atoms with van der Waals surface area (Å²) in [5, 5.41) is 3.15. The minimum atomic E-state index is 0.274. The Kier molecular flexibility index (Phi) is 5.09. The maximum atomic E-state index is 11.5. The number of likely N-dealkylation sites (tertiary alicyclic amines) is 1. The molecule has 1 saturated heterocycles. The van der Waals surface area contributed by atoms with E-state index in [1.807, 2.05) is 4.90 Å². The Balaban J connectivity index is 2.00. The van der Waals surface area contributed by atoms with Crippen LogP contribution in [0.25, 0.3) is 0 Å². The van der Waals surface area contributed by atoms with Crippen molar-refractivity contribution >= 4 is 5.91 Å². The summed E-state index contributed by atoms with van der Waals surface area (Å²) >= 11 is 0. The highest BCUT2D eigenvalue weighted by atomic mass is 16.2. The minimum absolute atomic E-state index is 0.274. The summed E-state index contributed by atoms with van der Waals surface area (Å²) < 4.78 is 0. The first-order chi connectivity index (χ1) is 6.84. The Morgan fingerprint density at radius 2 is 2.07 bits per heavy atom. The number of hydrogen-bond acceptors (Lipinski definition) is 2. The van der Waals surface area contributed by atoms with Crippen molar-refractivity contribution in [3.8, 4) is 12.3 Å². The molecule has 0 atom stereocenters. The van der Waals surface area contributed by atoms with E-state index >= 15 is 0 Å². The van der Waals surface area contributed by atoms with Crippen LogP contribution >= 0.6 is 0 Å². The molecule has 0 aliphatic carbocycles. The van der Waals surface area contributed by atoms with Gasteiger partial charge < -0.3 is 10.2 Å². The predicted molar refractivity (Wildman–Crippen MR) is 56.8 cm³/mol. The molecule has 1 rings (SSSR count).